The highest BCUT2D eigenvalue weighted by Gasteiger charge is 2.18. The zero-order valence-corrected chi connectivity index (χ0v) is 13.3. The van der Waals surface area contributed by atoms with Crippen LogP contribution in [0, 0.1) is 5.82 Å². The summed E-state index contributed by atoms with van der Waals surface area (Å²) in [5.41, 5.74) is 7.02. The van der Waals surface area contributed by atoms with Gasteiger partial charge in [0.1, 0.15) is 23.9 Å². The zero-order chi connectivity index (χ0) is 16.2. The SMILES string of the molecule is Nc1c(Nc2ccc(F)c(Cl)c2)ncnc1OC1CCCCC1. The van der Waals surface area contributed by atoms with Gasteiger partial charge in [-0.3, -0.25) is 0 Å². The van der Waals surface area contributed by atoms with Gasteiger partial charge >= 0.3 is 0 Å². The number of hydrogen-bond donors (Lipinski definition) is 2. The van der Waals surface area contributed by atoms with E-state index in [-0.39, 0.29) is 11.1 Å². The van der Waals surface area contributed by atoms with Crippen LogP contribution in [0.4, 0.5) is 21.6 Å². The molecule has 0 amide bonds. The van der Waals surface area contributed by atoms with Crippen molar-refractivity contribution in [1.29, 1.82) is 0 Å². The maximum absolute atomic E-state index is 13.2. The van der Waals surface area contributed by atoms with Crippen molar-refractivity contribution in [2.75, 3.05) is 11.1 Å². The van der Waals surface area contributed by atoms with Crippen molar-refractivity contribution in [2.24, 2.45) is 0 Å². The first-order valence-electron chi connectivity index (χ1n) is 7.62. The van der Waals surface area contributed by atoms with Crippen molar-refractivity contribution in [1.82, 2.24) is 9.97 Å². The lowest BCUT2D eigenvalue weighted by molar-refractivity contribution is 0.149. The first kappa shape index (κ1) is 15.8. The van der Waals surface area contributed by atoms with Crippen LogP contribution in [-0.2, 0) is 0 Å². The molecule has 0 unspecified atom stereocenters. The van der Waals surface area contributed by atoms with Crippen molar-refractivity contribution in [3.63, 3.8) is 0 Å². The van der Waals surface area contributed by atoms with E-state index in [0.717, 1.165) is 25.7 Å². The fraction of sp³-hybridized carbons (Fsp3) is 0.375. The second kappa shape index (κ2) is 7.00. The molecule has 1 aromatic heterocycles. The number of nitrogens with one attached hydrogen (secondary N) is 1. The van der Waals surface area contributed by atoms with Crippen LogP contribution in [0.5, 0.6) is 5.88 Å². The molecule has 1 aromatic carbocycles. The predicted octanol–water partition coefficient (Wildman–Crippen LogP) is 4.31. The summed E-state index contributed by atoms with van der Waals surface area (Å²) >= 11 is 5.78. The average Bonchev–Trinajstić information content (AvgIpc) is 2.56. The molecule has 23 heavy (non-hydrogen) atoms. The molecule has 0 radical (unpaired) electrons. The third kappa shape index (κ3) is 3.82. The average molecular weight is 337 g/mol. The molecule has 1 heterocycles. The van der Waals surface area contributed by atoms with E-state index in [4.69, 9.17) is 22.1 Å². The predicted molar refractivity (Wildman–Crippen MR) is 88.6 cm³/mol. The van der Waals surface area contributed by atoms with Crippen molar-refractivity contribution in [3.8, 4) is 5.88 Å². The maximum atomic E-state index is 13.2. The largest absolute Gasteiger partial charge is 0.473 e. The van der Waals surface area contributed by atoms with E-state index in [1.165, 1.54) is 24.9 Å². The van der Waals surface area contributed by atoms with Crippen molar-refractivity contribution < 1.29 is 9.13 Å². The Labute approximate surface area is 139 Å². The van der Waals surface area contributed by atoms with Gasteiger partial charge in [-0.2, -0.15) is 4.98 Å². The van der Waals surface area contributed by atoms with Crippen LogP contribution in [0.3, 0.4) is 0 Å². The Morgan fingerprint density at radius 1 is 1.22 bits per heavy atom. The van der Waals surface area contributed by atoms with Crippen LogP contribution in [0.25, 0.3) is 0 Å². The fourth-order valence-electron chi connectivity index (χ4n) is 2.62. The van der Waals surface area contributed by atoms with E-state index in [0.29, 0.717) is 23.1 Å². The molecule has 0 saturated heterocycles. The summed E-state index contributed by atoms with van der Waals surface area (Å²) in [6.07, 6.45) is 7.14. The molecule has 0 atom stereocenters. The molecule has 7 heteroatoms. The molecule has 122 valence electrons. The van der Waals surface area contributed by atoms with Crippen molar-refractivity contribution in [3.05, 3.63) is 35.4 Å². The van der Waals surface area contributed by atoms with Crippen LogP contribution in [0.1, 0.15) is 32.1 Å². The third-order valence-corrected chi connectivity index (χ3v) is 4.15. The highest BCUT2D eigenvalue weighted by molar-refractivity contribution is 6.31. The standard InChI is InChI=1S/C16H18ClFN4O/c17-12-8-10(6-7-13(12)18)22-15-14(19)16(21-9-20-15)23-11-4-2-1-3-5-11/h6-9,11H,1-5,19H2,(H,20,21,22). The lowest BCUT2D eigenvalue weighted by Gasteiger charge is -2.23. The Morgan fingerprint density at radius 3 is 2.74 bits per heavy atom. The Kier molecular flexibility index (Phi) is 4.81. The first-order valence-corrected chi connectivity index (χ1v) is 8.00. The highest BCUT2D eigenvalue weighted by Crippen LogP contribution is 2.31. The number of nitrogen functional groups attached to an aromatic ring is 1. The number of nitrogens with two attached hydrogens (primary N) is 1. The Morgan fingerprint density at radius 2 is 2.00 bits per heavy atom. The van der Waals surface area contributed by atoms with E-state index in [2.05, 4.69) is 15.3 Å². The third-order valence-electron chi connectivity index (χ3n) is 3.86. The van der Waals surface area contributed by atoms with Gasteiger partial charge in [0, 0.05) is 5.69 Å². The van der Waals surface area contributed by atoms with Crippen LogP contribution in [-0.4, -0.2) is 16.1 Å². The van der Waals surface area contributed by atoms with Crippen LogP contribution < -0.4 is 15.8 Å². The van der Waals surface area contributed by atoms with Gasteiger partial charge in [-0.05, 0) is 43.9 Å². The van der Waals surface area contributed by atoms with E-state index >= 15 is 0 Å². The van der Waals surface area contributed by atoms with Gasteiger partial charge in [-0.1, -0.05) is 18.0 Å². The van der Waals surface area contributed by atoms with Crippen LogP contribution in [0.15, 0.2) is 24.5 Å². The minimum absolute atomic E-state index is 0.0290. The number of aromatic nitrogens is 2. The maximum Gasteiger partial charge on any atom is 0.242 e. The van der Waals surface area contributed by atoms with Crippen LogP contribution >= 0.6 is 11.6 Å². The topological polar surface area (TPSA) is 73.1 Å². The van der Waals surface area contributed by atoms with E-state index < -0.39 is 5.82 Å². The molecule has 3 rings (SSSR count). The molecule has 5 nitrogen and oxygen atoms in total. The minimum Gasteiger partial charge on any atom is -0.473 e. The summed E-state index contributed by atoms with van der Waals surface area (Å²) in [4.78, 5) is 8.24. The van der Waals surface area contributed by atoms with E-state index in [1.807, 2.05) is 0 Å². The minimum atomic E-state index is -0.478. The molecule has 2 aromatic rings. The van der Waals surface area contributed by atoms with Gasteiger partial charge in [0.15, 0.2) is 5.82 Å². The van der Waals surface area contributed by atoms with Gasteiger partial charge < -0.3 is 15.8 Å². The van der Waals surface area contributed by atoms with Gasteiger partial charge in [0.05, 0.1) is 5.02 Å². The number of ether oxygens (including phenoxy) is 1. The van der Waals surface area contributed by atoms with Gasteiger partial charge in [-0.15, -0.1) is 0 Å². The Bertz CT molecular complexity index is 692. The molecule has 0 aliphatic heterocycles. The van der Waals surface area contributed by atoms with E-state index in [1.54, 1.807) is 6.07 Å². The Hall–Kier alpha value is -2.08. The number of anilines is 3. The summed E-state index contributed by atoms with van der Waals surface area (Å²) in [5.74, 6) is 0.310. The summed E-state index contributed by atoms with van der Waals surface area (Å²) in [5, 5.41) is 3.04. The lowest BCUT2D eigenvalue weighted by atomic mass is 9.98. The summed E-state index contributed by atoms with van der Waals surface area (Å²) in [7, 11) is 0. The molecule has 0 spiro atoms. The van der Waals surface area contributed by atoms with Crippen molar-refractivity contribution >= 4 is 28.8 Å². The molecular formula is C16H18ClFN4O. The number of nitrogens with zero attached hydrogens (tertiary/aromatic N) is 2. The molecule has 3 N–H and O–H groups in total. The van der Waals surface area contributed by atoms with Gasteiger partial charge in [-0.25, -0.2) is 9.37 Å². The zero-order valence-electron chi connectivity index (χ0n) is 12.6. The molecule has 1 aliphatic rings. The number of halogens is 2. The lowest BCUT2D eigenvalue weighted by Crippen LogP contribution is -2.21. The Balaban J connectivity index is 1.77. The quantitative estimate of drug-likeness (QED) is 0.870. The molecule has 0 bridgehead atoms. The smallest absolute Gasteiger partial charge is 0.242 e. The van der Waals surface area contributed by atoms with Crippen molar-refractivity contribution in [2.45, 2.75) is 38.2 Å². The second-order valence-electron chi connectivity index (χ2n) is 5.57. The molecule has 1 aliphatic carbocycles. The van der Waals surface area contributed by atoms with Gasteiger partial charge in [0.25, 0.3) is 0 Å². The van der Waals surface area contributed by atoms with E-state index in [9.17, 15) is 4.39 Å². The summed E-state index contributed by atoms with van der Waals surface area (Å²) < 4.78 is 19.1. The fourth-order valence-corrected chi connectivity index (χ4v) is 2.80. The molecule has 1 fully saturated rings. The highest BCUT2D eigenvalue weighted by atomic mass is 35.5. The monoisotopic (exact) mass is 336 g/mol. The first-order chi connectivity index (χ1) is 11.1. The second-order valence-corrected chi connectivity index (χ2v) is 5.98. The van der Waals surface area contributed by atoms with Crippen LogP contribution in [0.2, 0.25) is 5.02 Å². The number of rotatable bonds is 4. The summed E-state index contributed by atoms with van der Waals surface area (Å²) in [6, 6.07) is 4.31. The molecular weight excluding hydrogens is 319 g/mol. The molecule has 1 saturated carbocycles. The summed E-state index contributed by atoms with van der Waals surface area (Å²) in [6.45, 7) is 0. The van der Waals surface area contributed by atoms with Gasteiger partial charge in [0.2, 0.25) is 5.88 Å². The normalized spacial score (nSPS) is 15.4. The number of hydrogen-bond acceptors (Lipinski definition) is 5. The number of benzene rings is 1.